The highest BCUT2D eigenvalue weighted by Crippen LogP contribution is 2.45. The summed E-state index contributed by atoms with van der Waals surface area (Å²) in [5, 5.41) is 12.0. The molecule has 0 fully saturated rings. The molecular formula is C34H50F3NO3Si. The Bertz CT molecular complexity index is 1220. The van der Waals surface area contributed by atoms with Crippen LogP contribution < -0.4 is 0 Å². The van der Waals surface area contributed by atoms with Crippen LogP contribution in [0.1, 0.15) is 85.0 Å². The fourth-order valence-corrected chi connectivity index (χ4v) is 6.61. The highest BCUT2D eigenvalue weighted by atomic mass is 28.4. The number of aliphatic hydroxyl groups is 1. The molecule has 2 aliphatic heterocycles. The van der Waals surface area contributed by atoms with Crippen molar-refractivity contribution in [2.45, 2.75) is 104 Å². The standard InChI is InChI=1S/C34H50F3NO3Si/c1-22(2)30-29(31(39)25-11-13-26(14-12-25)34(35,36)37)28(24-15-19-40-20-16-24)23(3)27(21-33(7,8)17-18-38-30)41-42(9,10)32(4,5)6/h11-15,22,27,31,39H,3,16-21H2,1-2,4-10H3/b29-28-,38-30-/t27-,31?/m0/s1. The molecular weight excluding hydrogens is 555 g/mol. The topological polar surface area (TPSA) is 51.0 Å². The molecule has 0 aromatic heterocycles. The maximum atomic E-state index is 13.4. The van der Waals surface area contributed by atoms with Crippen molar-refractivity contribution in [2.75, 3.05) is 19.8 Å². The first-order valence-corrected chi connectivity index (χ1v) is 17.9. The molecule has 0 radical (unpaired) electrons. The van der Waals surface area contributed by atoms with Crippen LogP contribution in [0.5, 0.6) is 0 Å². The molecule has 0 saturated carbocycles. The lowest BCUT2D eigenvalue weighted by Gasteiger charge is -2.43. The summed E-state index contributed by atoms with van der Waals surface area (Å²) in [4.78, 5) is 5.07. The van der Waals surface area contributed by atoms with Crippen LogP contribution in [0.25, 0.3) is 0 Å². The van der Waals surface area contributed by atoms with E-state index >= 15 is 0 Å². The molecule has 1 aromatic carbocycles. The number of nitrogens with zero attached hydrogens (tertiary/aromatic N) is 1. The largest absolute Gasteiger partial charge is 0.416 e. The summed E-state index contributed by atoms with van der Waals surface area (Å²) in [7, 11) is -2.25. The molecule has 1 aromatic rings. The highest BCUT2D eigenvalue weighted by molar-refractivity contribution is 6.74. The van der Waals surface area contributed by atoms with E-state index in [0.717, 1.165) is 47.4 Å². The molecule has 1 N–H and O–H groups in total. The van der Waals surface area contributed by atoms with Crippen LogP contribution in [0.2, 0.25) is 18.1 Å². The third kappa shape index (κ3) is 8.13. The zero-order valence-corrected chi connectivity index (χ0v) is 27.9. The van der Waals surface area contributed by atoms with Gasteiger partial charge in [-0.2, -0.15) is 13.2 Å². The zero-order chi connectivity index (χ0) is 31.7. The van der Waals surface area contributed by atoms with Gasteiger partial charge < -0.3 is 14.3 Å². The van der Waals surface area contributed by atoms with Crippen molar-refractivity contribution in [1.82, 2.24) is 0 Å². The van der Waals surface area contributed by atoms with Crippen LogP contribution in [0.4, 0.5) is 13.2 Å². The van der Waals surface area contributed by atoms with Gasteiger partial charge in [0, 0.05) is 17.8 Å². The number of rotatable bonds is 6. The maximum Gasteiger partial charge on any atom is 0.416 e. The minimum absolute atomic E-state index is 0.0261. The van der Waals surface area contributed by atoms with Crippen LogP contribution in [-0.2, 0) is 15.3 Å². The molecule has 1 unspecified atom stereocenters. The molecule has 234 valence electrons. The number of aliphatic hydroxyl groups excluding tert-OH is 1. The first-order chi connectivity index (χ1) is 19.2. The first kappa shape index (κ1) is 34.5. The third-order valence-electron chi connectivity index (χ3n) is 8.97. The SMILES string of the molecule is C=C1/C(C2=CCOCC2)=C(C(O)c2ccc(C(F)(F)F)cc2)\C(C(C)C)=N/CCC(C)(C)C[C@@H]1O[Si](C)(C)C(C)(C)C. The number of aliphatic imine (C=N–C) groups is 1. The minimum Gasteiger partial charge on any atom is -0.410 e. The number of halogens is 3. The van der Waals surface area contributed by atoms with Gasteiger partial charge in [-0.3, -0.25) is 4.99 Å². The lowest BCUT2D eigenvalue weighted by Crippen LogP contribution is -2.45. The van der Waals surface area contributed by atoms with Crippen molar-refractivity contribution in [3.8, 4) is 0 Å². The molecule has 2 heterocycles. The summed E-state index contributed by atoms with van der Waals surface area (Å²) in [5.74, 6) is -0.0466. The Hall–Kier alpha value is -2.00. The van der Waals surface area contributed by atoms with E-state index < -0.39 is 26.2 Å². The van der Waals surface area contributed by atoms with Crippen molar-refractivity contribution < 1.29 is 27.4 Å². The van der Waals surface area contributed by atoms with Crippen molar-refractivity contribution in [3.63, 3.8) is 0 Å². The highest BCUT2D eigenvalue weighted by Gasteiger charge is 2.42. The van der Waals surface area contributed by atoms with Gasteiger partial charge in [-0.25, -0.2) is 0 Å². The zero-order valence-electron chi connectivity index (χ0n) is 26.9. The van der Waals surface area contributed by atoms with E-state index in [1.165, 1.54) is 12.1 Å². The van der Waals surface area contributed by atoms with E-state index in [-0.39, 0.29) is 22.5 Å². The van der Waals surface area contributed by atoms with Gasteiger partial charge in [0.05, 0.1) is 24.9 Å². The maximum absolute atomic E-state index is 13.4. The third-order valence-corrected chi connectivity index (χ3v) is 13.5. The van der Waals surface area contributed by atoms with Crippen molar-refractivity contribution in [2.24, 2.45) is 16.3 Å². The quantitative estimate of drug-likeness (QED) is 0.329. The van der Waals surface area contributed by atoms with E-state index in [1.54, 1.807) is 0 Å². The van der Waals surface area contributed by atoms with Gasteiger partial charge >= 0.3 is 6.18 Å². The van der Waals surface area contributed by atoms with Crippen molar-refractivity contribution >= 4 is 14.0 Å². The molecule has 0 saturated heterocycles. The number of ether oxygens (including phenoxy) is 1. The summed E-state index contributed by atoms with van der Waals surface area (Å²) in [6.45, 7) is 25.9. The van der Waals surface area contributed by atoms with Gasteiger partial charge in [0.1, 0.15) is 6.10 Å². The van der Waals surface area contributed by atoms with Gasteiger partial charge in [-0.05, 0) is 83.1 Å². The van der Waals surface area contributed by atoms with Crippen LogP contribution >= 0.6 is 0 Å². The lowest BCUT2D eigenvalue weighted by molar-refractivity contribution is -0.137. The fraction of sp³-hybridized carbons (Fsp3) is 0.618. The Morgan fingerprint density at radius 2 is 1.74 bits per heavy atom. The van der Waals surface area contributed by atoms with Crippen LogP contribution in [-0.4, -0.2) is 45.0 Å². The van der Waals surface area contributed by atoms with Crippen LogP contribution in [0.3, 0.4) is 0 Å². The summed E-state index contributed by atoms with van der Waals surface area (Å²) >= 11 is 0. The fourth-order valence-electron chi connectivity index (χ4n) is 5.32. The smallest absolute Gasteiger partial charge is 0.410 e. The number of hydrogen-bond donors (Lipinski definition) is 1. The van der Waals surface area contributed by atoms with Gasteiger partial charge in [-0.1, -0.05) is 73.3 Å². The van der Waals surface area contributed by atoms with Crippen LogP contribution in [0, 0.1) is 11.3 Å². The summed E-state index contributed by atoms with van der Waals surface area (Å²) in [6, 6.07) is 4.78. The predicted octanol–water partition coefficient (Wildman–Crippen LogP) is 9.25. The van der Waals surface area contributed by atoms with E-state index in [0.29, 0.717) is 37.3 Å². The first-order valence-electron chi connectivity index (χ1n) is 15.0. The molecule has 0 amide bonds. The van der Waals surface area contributed by atoms with E-state index in [1.807, 2.05) is 19.9 Å². The minimum atomic E-state index is -4.46. The molecule has 42 heavy (non-hydrogen) atoms. The average Bonchev–Trinajstić information content (AvgIpc) is 2.87. The molecule has 0 spiro atoms. The Labute approximate surface area is 251 Å². The monoisotopic (exact) mass is 605 g/mol. The van der Waals surface area contributed by atoms with E-state index in [2.05, 4.69) is 54.3 Å². The molecule has 2 aliphatic rings. The Balaban J connectivity index is 2.34. The van der Waals surface area contributed by atoms with Gasteiger partial charge in [0.2, 0.25) is 0 Å². The van der Waals surface area contributed by atoms with E-state index in [9.17, 15) is 18.3 Å². The van der Waals surface area contributed by atoms with E-state index in [4.69, 9.17) is 14.2 Å². The molecule has 2 atom stereocenters. The Morgan fingerprint density at radius 3 is 2.24 bits per heavy atom. The second-order valence-corrected chi connectivity index (χ2v) is 19.1. The molecule has 3 rings (SSSR count). The molecule has 0 bridgehead atoms. The Morgan fingerprint density at radius 1 is 1.12 bits per heavy atom. The summed E-state index contributed by atoms with van der Waals surface area (Å²) in [6.07, 6.45) is -1.76. The second-order valence-electron chi connectivity index (χ2n) is 14.3. The second kappa shape index (κ2) is 12.9. The normalized spacial score (nSPS) is 25.1. The number of hydrogen-bond acceptors (Lipinski definition) is 4. The Kier molecular flexibility index (Phi) is 10.6. The number of alkyl halides is 3. The average molecular weight is 606 g/mol. The van der Waals surface area contributed by atoms with Gasteiger partial charge in [0.15, 0.2) is 8.32 Å². The van der Waals surface area contributed by atoms with Gasteiger partial charge in [0.25, 0.3) is 0 Å². The molecule has 8 heteroatoms. The summed E-state index contributed by atoms with van der Waals surface area (Å²) in [5.41, 5.74) is 3.49. The number of benzene rings is 1. The van der Waals surface area contributed by atoms with Crippen molar-refractivity contribution in [1.29, 1.82) is 0 Å². The molecule has 0 aliphatic carbocycles. The lowest BCUT2D eigenvalue weighted by atomic mass is 9.76. The van der Waals surface area contributed by atoms with Gasteiger partial charge in [-0.15, -0.1) is 0 Å². The summed E-state index contributed by atoms with van der Waals surface area (Å²) < 4.78 is 52.9. The molecule has 4 nitrogen and oxygen atoms in total. The van der Waals surface area contributed by atoms with Crippen LogP contribution in [0.15, 0.2) is 64.2 Å². The van der Waals surface area contributed by atoms with Crippen molar-refractivity contribution in [3.05, 3.63) is 70.3 Å². The predicted molar refractivity (Wildman–Crippen MR) is 168 cm³/mol.